The molecule has 1 aliphatic carbocycles. The maximum absolute atomic E-state index is 13.2. The minimum Gasteiger partial charge on any atom is -0.459 e. The predicted octanol–water partition coefficient (Wildman–Crippen LogP) is 5.45. The lowest BCUT2D eigenvalue weighted by atomic mass is 9.75. The number of nitrogens with zero attached hydrogens (tertiary/aromatic N) is 2. The minimum absolute atomic E-state index is 0.0228. The van der Waals surface area contributed by atoms with Gasteiger partial charge in [-0.15, -0.1) is 0 Å². The monoisotopic (exact) mass is 419 g/mol. The van der Waals surface area contributed by atoms with E-state index < -0.39 is 0 Å². The number of ether oxygens (including phenoxy) is 1. The predicted molar refractivity (Wildman–Crippen MR) is 125 cm³/mol. The molecule has 1 aromatic heterocycles. The van der Waals surface area contributed by atoms with E-state index in [1.54, 1.807) is 0 Å². The van der Waals surface area contributed by atoms with E-state index in [9.17, 15) is 4.79 Å². The van der Waals surface area contributed by atoms with E-state index in [1.165, 1.54) is 12.0 Å². The van der Waals surface area contributed by atoms with Crippen LogP contribution in [0.3, 0.4) is 0 Å². The Balaban J connectivity index is 1.67. The Hall–Kier alpha value is -2.62. The van der Waals surface area contributed by atoms with Gasteiger partial charge < -0.3 is 4.74 Å². The molecule has 1 fully saturated rings. The first-order valence-electron chi connectivity index (χ1n) is 11.6. The molecule has 0 radical (unpaired) electrons. The zero-order chi connectivity index (χ0) is 22.1. The van der Waals surface area contributed by atoms with Gasteiger partial charge in [-0.3, -0.25) is 0 Å². The molecule has 1 aliphatic rings. The zero-order valence-corrected chi connectivity index (χ0v) is 19.5. The van der Waals surface area contributed by atoms with Gasteiger partial charge in [0.05, 0.1) is 12.6 Å². The molecule has 3 atom stereocenters. The summed E-state index contributed by atoms with van der Waals surface area (Å²) in [5.74, 6) is 2.48. The van der Waals surface area contributed by atoms with E-state index in [0.717, 1.165) is 35.3 Å². The average Bonchev–Trinajstić information content (AvgIpc) is 3.00. The Kier molecular flexibility index (Phi) is 6.17. The lowest BCUT2D eigenvalue weighted by Gasteiger charge is -2.36. The van der Waals surface area contributed by atoms with Gasteiger partial charge in [-0.05, 0) is 61.8 Å². The van der Waals surface area contributed by atoms with Crippen LogP contribution in [0.2, 0.25) is 0 Å². The van der Waals surface area contributed by atoms with E-state index in [1.807, 2.05) is 12.1 Å². The number of carbonyl (C=O) groups excluding carboxylic acids is 1. The van der Waals surface area contributed by atoms with Gasteiger partial charge in [0, 0.05) is 0 Å². The topological polar surface area (TPSA) is 35.1 Å². The third-order valence-corrected chi connectivity index (χ3v) is 6.95. The molecule has 2 aromatic carbocycles. The van der Waals surface area contributed by atoms with Crippen molar-refractivity contribution < 1.29 is 14.1 Å². The lowest BCUT2D eigenvalue weighted by Crippen LogP contribution is -2.37. The molecule has 3 aromatic rings. The van der Waals surface area contributed by atoms with E-state index >= 15 is 0 Å². The van der Waals surface area contributed by atoms with Crippen LogP contribution in [0.25, 0.3) is 22.4 Å². The van der Waals surface area contributed by atoms with Crippen LogP contribution < -0.4 is 4.57 Å². The fourth-order valence-electron chi connectivity index (χ4n) is 5.18. The Morgan fingerprint density at radius 1 is 1.13 bits per heavy atom. The molecule has 4 nitrogen and oxygen atoms in total. The highest BCUT2D eigenvalue weighted by Crippen LogP contribution is 2.35. The molecule has 0 saturated heterocycles. The highest BCUT2D eigenvalue weighted by Gasteiger charge is 2.34. The highest BCUT2D eigenvalue weighted by atomic mass is 16.5. The van der Waals surface area contributed by atoms with Crippen molar-refractivity contribution in [2.75, 3.05) is 0 Å². The summed E-state index contributed by atoms with van der Waals surface area (Å²) in [6.45, 7) is 9.08. The van der Waals surface area contributed by atoms with E-state index in [4.69, 9.17) is 4.74 Å². The maximum atomic E-state index is 13.2. The van der Waals surface area contributed by atoms with Crippen LogP contribution in [-0.2, 0) is 23.1 Å². The van der Waals surface area contributed by atoms with Gasteiger partial charge in [0.1, 0.15) is 6.10 Å². The molecule has 164 valence electrons. The van der Waals surface area contributed by atoms with Crippen molar-refractivity contribution in [2.45, 2.75) is 59.6 Å². The number of aromatic nitrogens is 2. The van der Waals surface area contributed by atoms with Crippen molar-refractivity contribution in [2.24, 2.45) is 24.8 Å². The summed E-state index contributed by atoms with van der Waals surface area (Å²) in [5.41, 5.74) is 4.48. The van der Waals surface area contributed by atoms with Gasteiger partial charge in [0.15, 0.2) is 17.6 Å². The third-order valence-electron chi connectivity index (χ3n) is 6.95. The number of hydrogen-bond donors (Lipinski definition) is 0. The van der Waals surface area contributed by atoms with Crippen molar-refractivity contribution in [3.63, 3.8) is 0 Å². The molecule has 4 rings (SSSR count). The van der Waals surface area contributed by atoms with E-state index in [-0.39, 0.29) is 18.6 Å². The Morgan fingerprint density at radius 2 is 1.84 bits per heavy atom. The van der Waals surface area contributed by atoms with Crippen LogP contribution in [0, 0.1) is 24.7 Å². The SMILES string of the molecule is Cc1ccc(-c2n(CC(=O)O[C@@H]3C[C@H](C)CCC3C(C)C)c3ccccc3[n+]2C)cc1. The standard InChI is InChI=1S/C27H35N2O2/c1-18(2)22-15-12-20(4)16-25(22)31-26(30)17-29-24-9-7-6-8-23(24)28(5)27(29)21-13-10-19(3)11-14-21/h6-11,13-14,18,20,22,25H,12,15-17H2,1-5H3/q+1/t20-,22?,25-/m1/s1. The Bertz CT molecular complexity index is 1060. The van der Waals surface area contributed by atoms with Gasteiger partial charge in [-0.25, -0.2) is 13.9 Å². The normalized spacial score (nSPS) is 21.5. The van der Waals surface area contributed by atoms with Crippen molar-refractivity contribution >= 4 is 17.0 Å². The summed E-state index contributed by atoms with van der Waals surface area (Å²) in [6.07, 6.45) is 3.37. The summed E-state index contributed by atoms with van der Waals surface area (Å²) in [6, 6.07) is 16.7. The second kappa shape index (κ2) is 8.86. The molecule has 0 spiro atoms. The third kappa shape index (κ3) is 4.39. The molecule has 1 saturated carbocycles. The number of para-hydroxylation sites is 2. The molecule has 1 heterocycles. The lowest BCUT2D eigenvalue weighted by molar-refractivity contribution is -0.634. The molecule has 0 amide bonds. The first-order valence-corrected chi connectivity index (χ1v) is 11.6. The van der Waals surface area contributed by atoms with Crippen LogP contribution in [-0.4, -0.2) is 16.6 Å². The van der Waals surface area contributed by atoms with Crippen LogP contribution in [0.1, 0.15) is 45.6 Å². The number of rotatable bonds is 5. The highest BCUT2D eigenvalue weighted by molar-refractivity contribution is 5.79. The first kappa shape index (κ1) is 21.6. The molecular formula is C27H35N2O2+. The van der Waals surface area contributed by atoms with Gasteiger partial charge >= 0.3 is 5.97 Å². The van der Waals surface area contributed by atoms with Crippen LogP contribution >= 0.6 is 0 Å². The number of imidazole rings is 1. The number of hydrogen-bond acceptors (Lipinski definition) is 2. The van der Waals surface area contributed by atoms with Gasteiger partial charge in [-0.2, -0.15) is 0 Å². The summed E-state index contributed by atoms with van der Waals surface area (Å²) >= 11 is 0. The van der Waals surface area contributed by atoms with E-state index in [0.29, 0.717) is 17.8 Å². The summed E-state index contributed by atoms with van der Waals surface area (Å²) in [7, 11) is 2.07. The van der Waals surface area contributed by atoms with Crippen LogP contribution in [0.5, 0.6) is 0 Å². The van der Waals surface area contributed by atoms with Crippen molar-refractivity contribution in [3.05, 3.63) is 54.1 Å². The zero-order valence-electron chi connectivity index (χ0n) is 19.5. The van der Waals surface area contributed by atoms with Gasteiger partial charge in [-0.1, -0.05) is 57.0 Å². The molecule has 31 heavy (non-hydrogen) atoms. The van der Waals surface area contributed by atoms with Crippen molar-refractivity contribution in [3.8, 4) is 11.4 Å². The van der Waals surface area contributed by atoms with E-state index in [2.05, 4.69) is 80.3 Å². The molecule has 1 unspecified atom stereocenters. The smallest absolute Gasteiger partial charge is 0.348 e. The second-order valence-corrected chi connectivity index (χ2v) is 9.68. The number of benzene rings is 2. The van der Waals surface area contributed by atoms with Gasteiger partial charge in [0.25, 0.3) is 5.82 Å². The first-order chi connectivity index (χ1) is 14.8. The number of esters is 1. The Labute approximate surface area is 185 Å². The number of fused-ring (bicyclic) bond motifs is 1. The fraction of sp³-hybridized carbons (Fsp3) is 0.481. The van der Waals surface area contributed by atoms with Crippen molar-refractivity contribution in [1.82, 2.24) is 4.57 Å². The quantitative estimate of drug-likeness (QED) is 0.407. The second-order valence-electron chi connectivity index (χ2n) is 9.68. The number of carbonyl (C=O) groups is 1. The summed E-state index contributed by atoms with van der Waals surface area (Å²) in [4.78, 5) is 13.2. The fourth-order valence-corrected chi connectivity index (χ4v) is 5.18. The molecule has 0 aliphatic heterocycles. The Morgan fingerprint density at radius 3 is 2.55 bits per heavy atom. The summed E-state index contributed by atoms with van der Waals surface area (Å²) in [5, 5.41) is 0. The minimum atomic E-state index is -0.139. The van der Waals surface area contributed by atoms with Crippen LogP contribution in [0.15, 0.2) is 48.5 Å². The molecule has 4 heteroatoms. The largest absolute Gasteiger partial charge is 0.459 e. The maximum Gasteiger partial charge on any atom is 0.348 e. The van der Waals surface area contributed by atoms with Crippen LogP contribution in [0.4, 0.5) is 0 Å². The average molecular weight is 420 g/mol. The number of aryl methyl sites for hydroxylation is 2. The molecule has 0 N–H and O–H groups in total. The molecular weight excluding hydrogens is 384 g/mol. The molecule has 0 bridgehead atoms. The summed E-state index contributed by atoms with van der Waals surface area (Å²) < 4.78 is 10.4. The van der Waals surface area contributed by atoms with Gasteiger partial charge in [0.2, 0.25) is 0 Å². The van der Waals surface area contributed by atoms with Crippen molar-refractivity contribution in [1.29, 1.82) is 0 Å².